The first-order valence-electron chi connectivity index (χ1n) is 6.22. The van der Waals surface area contributed by atoms with Crippen LogP contribution in [-0.4, -0.2) is 46.0 Å². The second-order valence-electron chi connectivity index (χ2n) is 4.30. The lowest BCUT2D eigenvalue weighted by molar-refractivity contribution is -0.708. The molecule has 0 radical (unpaired) electrons. The van der Waals surface area contributed by atoms with Crippen molar-refractivity contribution in [1.82, 2.24) is 10.3 Å². The molecule has 1 heterocycles. The molecule has 1 aliphatic rings. The van der Waals surface area contributed by atoms with Crippen LogP contribution in [0, 0.1) is 25.4 Å². The van der Waals surface area contributed by atoms with Crippen molar-refractivity contribution in [1.29, 1.82) is 0 Å². The van der Waals surface area contributed by atoms with E-state index in [1.54, 1.807) is 0 Å². The summed E-state index contributed by atoms with van der Waals surface area (Å²) in [5.74, 6) is -0.355. The third-order valence-electron chi connectivity index (χ3n) is 2.89. The summed E-state index contributed by atoms with van der Waals surface area (Å²) in [7, 11) is 0. The van der Waals surface area contributed by atoms with E-state index in [1.165, 1.54) is 5.01 Å². The van der Waals surface area contributed by atoms with Gasteiger partial charge < -0.3 is 10.5 Å². The standard InChI is InChI=1S/C10H12N6O6.ClH/c17-14(18)8-1-2-10(9(7-8)15(19)20)22-12-16(21)13-5-3-11-4-6-13;/h1-2,7,11H,3-6H2;1H/b16-12+;. The minimum atomic E-state index is -0.849. The number of halogens is 1. The lowest BCUT2D eigenvalue weighted by Gasteiger charge is -2.22. The fourth-order valence-electron chi connectivity index (χ4n) is 1.79. The van der Waals surface area contributed by atoms with E-state index in [4.69, 9.17) is 4.84 Å². The Morgan fingerprint density at radius 2 is 1.78 bits per heavy atom. The van der Waals surface area contributed by atoms with Gasteiger partial charge in [-0.05, 0) is 6.07 Å². The van der Waals surface area contributed by atoms with E-state index in [-0.39, 0.29) is 23.1 Å². The van der Waals surface area contributed by atoms with Gasteiger partial charge in [-0.2, -0.15) is 0 Å². The van der Waals surface area contributed by atoms with Crippen LogP contribution in [0.15, 0.2) is 23.5 Å². The number of nitro benzene ring substituents is 2. The predicted octanol–water partition coefficient (Wildman–Crippen LogP) is 1.00. The first-order chi connectivity index (χ1) is 10.5. The van der Waals surface area contributed by atoms with Crippen LogP contribution in [0.3, 0.4) is 0 Å². The molecule has 1 fully saturated rings. The van der Waals surface area contributed by atoms with Gasteiger partial charge in [0.2, 0.25) is 11.0 Å². The second-order valence-corrected chi connectivity index (χ2v) is 4.30. The Labute approximate surface area is 135 Å². The van der Waals surface area contributed by atoms with E-state index in [0.29, 0.717) is 26.2 Å². The van der Waals surface area contributed by atoms with Crippen molar-refractivity contribution in [2.24, 2.45) is 5.28 Å². The van der Waals surface area contributed by atoms with Crippen molar-refractivity contribution in [2.45, 2.75) is 0 Å². The number of piperazine rings is 1. The molecule has 0 unspecified atom stereocenters. The molecule has 1 aromatic rings. The Morgan fingerprint density at radius 3 is 2.35 bits per heavy atom. The van der Waals surface area contributed by atoms with Crippen LogP contribution in [0.4, 0.5) is 11.4 Å². The van der Waals surface area contributed by atoms with Gasteiger partial charge in [0.1, 0.15) is 0 Å². The van der Waals surface area contributed by atoms with E-state index in [2.05, 4.69) is 10.6 Å². The van der Waals surface area contributed by atoms with Crippen LogP contribution in [0.5, 0.6) is 5.75 Å². The van der Waals surface area contributed by atoms with E-state index in [0.717, 1.165) is 18.2 Å². The molecule has 0 aromatic heterocycles. The minimum absolute atomic E-state index is 0. The number of non-ortho nitro benzene ring substituents is 1. The number of hydrogen-bond acceptors (Lipinski definition) is 8. The average molecular weight is 349 g/mol. The van der Waals surface area contributed by atoms with Crippen molar-refractivity contribution in [3.05, 3.63) is 43.6 Å². The van der Waals surface area contributed by atoms with E-state index >= 15 is 0 Å². The molecule has 2 rings (SSSR count). The molecule has 23 heavy (non-hydrogen) atoms. The zero-order valence-corrected chi connectivity index (χ0v) is 12.5. The molecule has 12 nitrogen and oxygen atoms in total. The van der Waals surface area contributed by atoms with Gasteiger partial charge in [0, 0.05) is 19.2 Å². The van der Waals surface area contributed by atoms with Gasteiger partial charge in [-0.25, -0.2) is 0 Å². The second kappa shape index (κ2) is 8.05. The molecule has 126 valence electrons. The lowest BCUT2D eigenvalue weighted by atomic mass is 10.2. The fraction of sp³-hybridized carbons (Fsp3) is 0.400. The molecule has 0 amide bonds. The van der Waals surface area contributed by atoms with Gasteiger partial charge in [0.15, 0.2) is 0 Å². The van der Waals surface area contributed by atoms with E-state index in [1.807, 2.05) is 0 Å². The summed E-state index contributed by atoms with van der Waals surface area (Å²) in [6.07, 6.45) is 0. The maximum atomic E-state index is 11.7. The van der Waals surface area contributed by atoms with Gasteiger partial charge >= 0.3 is 5.69 Å². The molecule has 0 saturated carbocycles. The number of hydrazine groups is 1. The Kier molecular flexibility index (Phi) is 6.41. The van der Waals surface area contributed by atoms with Gasteiger partial charge in [-0.3, -0.25) is 25.1 Å². The smallest absolute Gasteiger partial charge is 0.321 e. The third-order valence-corrected chi connectivity index (χ3v) is 2.89. The van der Waals surface area contributed by atoms with Crippen molar-refractivity contribution in [3.8, 4) is 5.75 Å². The lowest BCUT2D eigenvalue weighted by Crippen LogP contribution is -2.46. The number of nitrogens with zero attached hydrogens (tertiary/aromatic N) is 5. The SMILES string of the molecule is Cl.O=[N+]([O-])c1ccc(O/N=[N+](/[O-])N2CCNCC2)c([N+](=O)[O-])c1. The molecule has 13 heteroatoms. The number of rotatable bonds is 5. The average Bonchev–Trinajstić information content (AvgIpc) is 2.53. The fourth-order valence-corrected chi connectivity index (χ4v) is 1.79. The zero-order chi connectivity index (χ0) is 16.1. The van der Waals surface area contributed by atoms with Crippen molar-refractivity contribution < 1.29 is 19.7 Å². The molecule has 1 aromatic carbocycles. The van der Waals surface area contributed by atoms with Crippen molar-refractivity contribution >= 4 is 23.8 Å². The third kappa shape index (κ3) is 4.62. The molecular weight excluding hydrogens is 336 g/mol. The summed E-state index contributed by atoms with van der Waals surface area (Å²) in [6.45, 7) is 2.04. The van der Waals surface area contributed by atoms with E-state index < -0.39 is 21.2 Å². The highest BCUT2D eigenvalue weighted by Gasteiger charge is 2.23. The van der Waals surface area contributed by atoms with Gasteiger partial charge in [0.05, 0.1) is 34.0 Å². The van der Waals surface area contributed by atoms with Crippen LogP contribution < -0.4 is 10.2 Å². The van der Waals surface area contributed by atoms with Gasteiger partial charge in [-0.15, -0.1) is 17.4 Å². The molecular formula is C10H13ClN6O6. The summed E-state index contributed by atoms with van der Waals surface area (Å²) < 4.78 is 0. The summed E-state index contributed by atoms with van der Waals surface area (Å²) in [4.78, 5) is 24.8. The van der Waals surface area contributed by atoms with Crippen LogP contribution in [0.2, 0.25) is 0 Å². The number of hydrogen-bond donors (Lipinski definition) is 1. The predicted molar refractivity (Wildman–Crippen MR) is 78.1 cm³/mol. The largest absolute Gasteiger partial charge is 0.569 e. The van der Waals surface area contributed by atoms with Crippen molar-refractivity contribution in [2.75, 3.05) is 26.2 Å². The molecule has 0 aliphatic carbocycles. The van der Waals surface area contributed by atoms with Crippen LogP contribution in [-0.2, 0) is 0 Å². The molecule has 1 aliphatic heterocycles. The maximum Gasteiger partial charge on any atom is 0.321 e. The number of nitro groups is 2. The maximum absolute atomic E-state index is 11.7. The summed E-state index contributed by atoms with van der Waals surface area (Å²) >= 11 is 0. The Bertz CT molecular complexity index is 620. The monoisotopic (exact) mass is 348 g/mol. The topological polar surface area (TPSA) is 149 Å². The highest BCUT2D eigenvalue weighted by atomic mass is 35.5. The number of nitrogens with one attached hydrogen (secondary N) is 1. The molecule has 0 spiro atoms. The summed E-state index contributed by atoms with van der Waals surface area (Å²) in [5, 5.41) is 40.8. The van der Waals surface area contributed by atoms with Crippen LogP contribution >= 0.6 is 12.4 Å². The summed E-state index contributed by atoms with van der Waals surface area (Å²) in [6, 6.07) is 2.79. The quantitative estimate of drug-likeness (QED) is 0.358. The van der Waals surface area contributed by atoms with Crippen LogP contribution in [0.25, 0.3) is 0 Å². The van der Waals surface area contributed by atoms with Gasteiger partial charge in [0.25, 0.3) is 5.69 Å². The summed E-state index contributed by atoms with van der Waals surface area (Å²) in [5.41, 5.74) is -1.10. The Balaban J connectivity index is 0.00000264. The van der Waals surface area contributed by atoms with Crippen molar-refractivity contribution in [3.63, 3.8) is 0 Å². The van der Waals surface area contributed by atoms with E-state index in [9.17, 15) is 25.4 Å². The molecule has 1 saturated heterocycles. The zero-order valence-electron chi connectivity index (χ0n) is 11.7. The minimum Gasteiger partial charge on any atom is -0.569 e. The highest BCUT2D eigenvalue weighted by molar-refractivity contribution is 5.85. The molecule has 0 bridgehead atoms. The Hall–Kier alpha value is -2.73. The first-order valence-corrected chi connectivity index (χ1v) is 6.22. The Morgan fingerprint density at radius 1 is 1.13 bits per heavy atom. The highest BCUT2D eigenvalue weighted by Crippen LogP contribution is 2.31. The van der Waals surface area contributed by atoms with Gasteiger partial charge in [-0.1, -0.05) is 0 Å². The normalized spacial score (nSPS) is 14.8. The molecule has 0 atom stereocenters. The first kappa shape index (κ1) is 18.3. The molecule has 1 N–H and O–H groups in total. The number of benzene rings is 1. The van der Waals surface area contributed by atoms with Crippen LogP contribution in [0.1, 0.15) is 0 Å².